The Balaban J connectivity index is 1.59. The third-order valence-electron chi connectivity index (χ3n) is 4.60. The highest BCUT2D eigenvalue weighted by Crippen LogP contribution is 2.23. The van der Waals surface area contributed by atoms with E-state index in [4.69, 9.17) is 4.74 Å². The van der Waals surface area contributed by atoms with Crippen molar-refractivity contribution in [1.82, 2.24) is 0 Å². The first-order valence-corrected chi connectivity index (χ1v) is 9.28. The molecule has 0 radical (unpaired) electrons. The van der Waals surface area contributed by atoms with Crippen molar-refractivity contribution in [3.63, 3.8) is 0 Å². The van der Waals surface area contributed by atoms with E-state index in [2.05, 4.69) is 5.32 Å². The number of carbonyl (C=O) groups is 2. The molecule has 0 fully saturated rings. The molecule has 5 nitrogen and oxygen atoms in total. The van der Waals surface area contributed by atoms with E-state index < -0.39 is 5.97 Å². The van der Waals surface area contributed by atoms with Gasteiger partial charge >= 0.3 is 5.97 Å². The lowest BCUT2D eigenvalue weighted by Gasteiger charge is -2.13. The third-order valence-corrected chi connectivity index (χ3v) is 4.60. The second-order valence-electron chi connectivity index (χ2n) is 7.02. The molecule has 0 saturated heterocycles. The highest BCUT2D eigenvalue weighted by atomic mass is 16.5. The first kappa shape index (κ1) is 20.1. The fourth-order valence-corrected chi connectivity index (χ4v) is 3.22. The largest absolute Gasteiger partial charge is 0.508 e. The maximum Gasteiger partial charge on any atom is 0.338 e. The molecule has 0 spiro atoms. The number of hydrogen-bond donors (Lipinski definition) is 2. The van der Waals surface area contributed by atoms with E-state index in [1.165, 1.54) is 0 Å². The summed E-state index contributed by atoms with van der Waals surface area (Å²) in [6.45, 7) is 5.50. The first-order valence-electron chi connectivity index (χ1n) is 9.28. The van der Waals surface area contributed by atoms with Crippen molar-refractivity contribution in [2.75, 3.05) is 11.9 Å². The van der Waals surface area contributed by atoms with Crippen molar-refractivity contribution in [2.24, 2.45) is 0 Å². The van der Waals surface area contributed by atoms with Gasteiger partial charge in [0.15, 0.2) is 6.61 Å². The fourth-order valence-electron chi connectivity index (χ4n) is 3.22. The van der Waals surface area contributed by atoms with Crippen molar-refractivity contribution in [3.05, 3.63) is 82.9 Å². The zero-order chi connectivity index (χ0) is 21.0. The summed E-state index contributed by atoms with van der Waals surface area (Å²) < 4.78 is 5.14. The van der Waals surface area contributed by atoms with Gasteiger partial charge in [-0.15, -0.1) is 0 Å². The van der Waals surface area contributed by atoms with Crippen LogP contribution in [0.15, 0.2) is 60.7 Å². The summed E-state index contributed by atoms with van der Waals surface area (Å²) in [4.78, 5) is 24.4. The van der Waals surface area contributed by atoms with Gasteiger partial charge in [0.1, 0.15) is 5.75 Å². The molecular weight excluding hydrogens is 366 g/mol. The molecule has 0 aromatic heterocycles. The number of rotatable bonds is 5. The maximum absolute atomic E-state index is 12.2. The Morgan fingerprint density at radius 1 is 0.862 bits per heavy atom. The minimum absolute atomic E-state index is 0.197. The molecule has 0 saturated carbocycles. The smallest absolute Gasteiger partial charge is 0.338 e. The number of esters is 1. The molecule has 0 unspecified atom stereocenters. The standard InChI is InChI=1S/C24H23NO4/c1-15-12-16(2)23(17(3)13-15)25-22(27)14-29-24(28)20-6-4-18(5-7-20)19-8-10-21(26)11-9-19/h4-13,26H,14H2,1-3H3,(H,25,27). The van der Waals surface area contributed by atoms with E-state index >= 15 is 0 Å². The summed E-state index contributed by atoms with van der Waals surface area (Å²) >= 11 is 0. The molecule has 0 aliphatic rings. The van der Waals surface area contributed by atoms with Gasteiger partial charge in [0.05, 0.1) is 5.56 Å². The number of ether oxygens (including phenoxy) is 1. The number of carbonyl (C=O) groups excluding carboxylic acids is 2. The first-order chi connectivity index (χ1) is 13.8. The molecule has 1 amide bonds. The number of anilines is 1. The molecule has 29 heavy (non-hydrogen) atoms. The minimum atomic E-state index is -0.560. The summed E-state index contributed by atoms with van der Waals surface area (Å²) in [6.07, 6.45) is 0. The Morgan fingerprint density at radius 3 is 1.93 bits per heavy atom. The monoisotopic (exact) mass is 389 g/mol. The van der Waals surface area contributed by atoms with Gasteiger partial charge in [-0.25, -0.2) is 4.79 Å². The van der Waals surface area contributed by atoms with Crippen LogP contribution >= 0.6 is 0 Å². The predicted molar refractivity (Wildman–Crippen MR) is 113 cm³/mol. The fraction of sp³-hybridized carbons (Fsp3) is 0.167. The average molecular weight is 389 g/mol. The lowest BCUT2D eigenvalue weighted by molar-refractivity contribution is -0.119. The van der Waals surface area contributed by atoms with Gasteiger partial charge < -0.3 is 15.2 Å². The van der Waals surface area contributed by atoms with E-state index in [0.29, 0.717) is 5.56 Å². The Kier molecular flexibility index (Phi) is 5.98. The van der Waals surface area contributed by atoms with Gasteiger partial charge in [-0.05, 0) is 67.3 Å². The quantitative estimate of drug-likeness (QED) is 0.616. The molecule has 0 bridgehead atoms. The Labute approximate surface area is 170 Å². The van der Waals surface area contributed by atoms with Crippen LogP contribution in [0.2, 0.25) is 0 Å². The van der Waals surface area contributed by atoms with Crippen LogP contribution in [-0.2, 0) is 9.53 Å². The van der Waals surface area contributed by atoms with Crippen LogP contribution in [-0.4, -0.2) is 23.6 Å². The summed E-state index contributed by atoms with van der Waals surface area (Å²) in [7, 11) is 0. The number of nitrogens with one attached hydrogen (secondary N) is 1. The van der Waals surface area contributed by atoms with Gasteiger partial charge in [-0.3, -0.25) is 4.79 Å². The normalized spacial score (nSPS) is 10.4. The van der Waals surface area contributed by atoms with E-state index in [1.807, 2.05) is 32.9 Å². The Bertz CT molecular complexity index is 1010. The van der Waals surface area contributed by atoms with Crippen molar-refractivity contribution in [3.8, 4) is 16.9 Å². The van der Waals surface area contributed by atoms with Gasteiger partial charge in [0.25, 0.3) is 5.91 Å². The average Bonchev–Trinajstić information content (AvgIpc) is 2.69. The highest BCUT2D eigenvalue weighted by molar-refractivity contribution is 5.96. The van der Waals surface area contributed by atoms with E-state index in [-0.39, 0.29) is 18.3 Å². The van der Waals surface area contributed by atoms with Crippen LogP contribution in [0.1, 0.15) is 27.0 Å². The molecule has 0 heterocycles. The number of amides is 1. The molecular formula is C24H23NO4. The highest BCUT2D eigenvalue weighted by Gasteiger charge is 2.13. The summed E-state index contributed by atoms with van der Waals surface area (Å²) in [6, 6.07) is 17.7. The zero-order valence-corrected chi connectivity index (χ0v) is 16.7. The minimum Gasteiger partial charge on any atom is -0.508 e. The van der Waals surface area contributed by atoms with Crippen LogP contribution in [0.5, 0.6) is 5.75 Å². The summed E-state index contributed by atoms with van der Waals surface area (Å²) in [5, 5.41) is 12.2. The SMILES string of the molecule is Cc1cc(C)c(NC(=O)COC(=O)c2ccc(-c3ccc(O)cc3)cc2)c(C)c1. The molecule has 0 atom stereocenters. The number of benzene rings is 3. The molecule has 148 valence electrons. The second kappa shape index (κ2) is 8.61. The van der Waals surface area contributed by atoms with Crippen molar-refractivity contribution >= 4 is 17.6 Å². The number of aromatic hydroxyl groups is 1. The molecule has 0 aliphatic carbocycles. The number of phenols is 1. The molecule has 2 N–H and O–H groups in total. The molecule has 3 aromatic carbocycles. The summed E-state index contributed by atoms with van der Waals surface area (Å²) in [5.41, 5.74) is 5.99. The zero-order valence-electron chi connectivity index (χ0n) is 16.7. The van der Waals surface area contributed by atoms with Gasteiger partial charge in [0.2, 0.25) is 0 Å². The molecule has 3 rings (SSSR count). The van der Waals surface area contributed by atoms with Crippen LogP contribution in [0.3, 0.4) is 0 Å². The lowest BCUT2D eigenvalue weighted by Crippen LogP contribution is -2.22. The maximum atomic E-state index is 12.2. The molecule has 3 aromatic rings. The van der Waals surface area contributed by atoms with E-state index in [1.54, 1.807) is 48.5 Å². The number of phenolic OH excluding ortho intramolecular Hbond substituents is 1. The van der Waals surface area contributed by atoms with Gasteiger partial charge in [-0.2, -0.15) is 0 Å². The van der Waals surface area contributed by atoms with Crippen molar-refractivity contribution in [1.29, 1.82) is 0 Å². The third kappa shape index (κ3) is 5.02. The number of hydrogen-bond acceptors (Lipinski definition) is 4. The van der Waals surface area contributed by atoms with Crippen LogP contribution in [0, 0.1) is 20.8 Å². The topological polar surface area (TPSA) is 75.6 Å². The van der Waals surface area contributed by atoms with E-state index in [0.717, 1.165) is 33.5 Å². The van der Waals surface area contributed by atoms with Crippen molar-refractivity contribution in [2.45, 2.75) is 20.8 Å². The van der Waals surface area contributed by atoms with Gasteiger partial charge in [0, 0.05) is 5.69 Å². The van der Waals surface area contributed by atoms with Gasteiger partial charge in [-0.1, -0.05) is 42.0 Å². The molecule has 0 aliphatic heterocycles. The Morgan fingerprint density at radius 2 is 1.38 bits per heavy atom. The van der Waals surface area contributed by atoms with E-state index in [9.17, 15) is 14.7 Å². The summed E-state index contributed by atoms with van der Waals surface area (Å²) in [5.74, 6) is -0.743. The Hall–Kier alpha value is -3.60. The predicted octanol–water partition coefficient (Wildman–Crippen LogP) is 4.78. The lowest BCUT2D eigenvalue weighted by atomic mass is 10.0. The van der Waals surface area contributed by atoms with Crippen LogP contribution < -0.4 is 5.32 Å². The number of aryl methyl sites for hydroxylation is 3. The van der Waals surface area contributed by atoms with Crippen LogP contribution in [0.4, 0.5) is 5.69 Å². The molecule has 5 heteroatoms. The second-order valence-corrected chi connectivity index (χ2v) is 7.02. The van der Waals surface area contributed by atoms with Crippen molar-refractivity contribution < 1.29 is 19.4 Å². The van der Waals surface area contributed by atoms with Crippen LogP contribution in [0.25, 0.3) is 11.1 Å².